The van der Waals surface area contributed by atoms with E-state index in [9.17, 15) is 4.79 Å². The number of hydrogen-bond acceptors (Lipinski definition) is 5. The molecule has 7 heteroatoms. The van der Waals surface area contributed by atoms with Crippen LogP contribution in [0, 0.1) is 0 Å². The van der Waals surface area contributed by atoms with Crippen molar-refractivity contribution in [3.05, 3.63) is 65.0 Å². The van der Waals surface area contributed by atoms with Gasteiger partial charge < -0.3 is 14.5 Å². The molecule has 0 radical (unpaired) electrons. The van der Waals surface area contributed by atoms with Crippen LogP contribution in [-0.4, -0.2) is 22.7 Å². The minimum absolute atomic E-state index is 0.0548. The van der Waals surface area contributed by atoms with Gasteiger partial charge in [-0.15, -0.1) is 10.2 Å². The minimum Gasteiger partial charge on any atom is -0.484 e. The summed E-state index contributed by atoms with van der Waals surface area (Å²) in [5.74, 6) is 0.846. The van der Waals surface area contributed by atoms with E-state index in [0.29, 0.717) is 11.6 Å². The molecular weight excluding hydrogens is 386 g/mol. The molecule has 1 heterocycles. The molecule has 3 aromatic rings. The fourth-order valence-electron chi connectivity index (χ4n) is 2.26. The predicted molar refractivity (Wildman–Crippen MR) is 95.9 cm³/mol. The second-order valence-corrected chi connectivity index (χ2v) is 6.31. The van der Waals surface area contributed by atoms with E-state index in [1.807, 2.05) is 31.2 Å². The molecule has 0 aliphatic rings. The first-order valence-electron chi connectivity index (χ1n) is 7.66. The molecule has 25 heavy (non-hydrogen) atoms. The summed E-state index contributed by atoms with van der Waals surface area (Å²) in [6.45, 7) is 1.88. The number of rotatable bonds is 6. The summed E-state index contributed by atoms with van der Waals surface area (Å²) in [5, 5.41) is 10.4. The van der Waals surface area contributed by atoms with Crippen molar-refractivity contribution < 1.29 is 13.9 Å². The molecule has 1 aromatic heterocycles. The SMILES string of the molecule is C[C@@H](NC(=O)COc1ccc(-c2nnco2)cc1)c1ccc(Br)cc1. The fourth-order valence-corrected chi connectivity index (χ4v) is 2.52. The van der Waals surface area contributed by atoms with Crippen LogP contribution in [0.5, 0.6) is 5.75 Å². The van der Waals surface area contributed by atoms with E-state index >= 15 is 0 Å². The molecule has 0 unspecified atom stereocenters. The smallest absolute Gasteiger partial charge is 0.258 e. The zero-order valence-electron chi connectivity index (χ0n) is 13.5. The Morgan fingerprint density at radius 1 is 1.20 bits per heavy atom. The number of amides is 1. The number of halogens is 1. The van der Waals surface area contributed by atoms with Crippen LogP contribution in [-0.2, 0) is 4.79 Å². The quantitative estimate of drug-likeness (QED) is 0.680. The number of nitrogens with zero attached hydrogens (tertiary/aromatic N) is 2. The lowest BCUT2D eigenvalue weighted by atomic mass is 10.1. The van der Waals surface area contributed by atoms with E-state index in [0.717, 1.165) is 15.6 Å². The van der Waals surface area contributed by atoms with E-state index in [2.05, 4.69) is 31.4 Å². The van der Waals surface area contributed by atoms with Gasteiger partial charge in [0.05, 0.1) is 6.04 Å². The first-order valence-corrected chi connectivity index (χ1v) is 8.45. The molecule has 3 rings (SSSR count). The number of carbonyl (C=O) groups is 1. The highest BCUT2D eigenvalue weighted by Crippen LogP contribution is 2.20. The van der Waals surface area contributed by atoms with Crippen LogP contribution in [0.4, 0.5) is 0 Å². The number of carbonyl (C=O) groups excluding carboxylic acids is 1. The second kappa shape index (κ2) is 7.94. The van der Waals surface area contributed by atoms with E-state index in [-0.39, 0.29) is 18.6 Å². The summed E-state index contributed by atoms with van der Waals surface area (Å²) in [6.07, 6.45) is 1.27. The lowest BCUT2D eigenvalue weighted by Gasteiger charge is -2.15. The van der Waals surface area contributed by atoms with Crippen LogP contribution in [0.25, 0.3) is 11.5 Å². The molecule has 0 bridgehead atoms. The zero-order chi connectivity index (χ0) is 17.6. The van der Waals surface area contributed by atoms with E-state index in [4.69, 9.17) is 9.15 Å². The second-order valence-electron chi connectivity index (χ2n) is 5.40. The predicted octanol–water partition coefficient (Wildman–Crippen LogP) is 3.76. The third-order valence-corrected chi connectivity index (χ3v) is 4.11. The highest BCUT2D eigenvalue weighted by atomic mass is 79.9. The Labute approximate surface area is 153 Å². The van der Waals surface area contributed by atoms with Crippen molar-refractivity contribution in [2.75, 3.05) is 6.61 Å². The first kappa shape index (κ1) is 17.2. The molecular formula is C18H16BrN3O3. The van der Waals surface area contributed by atoms with Gasteiger partial charge in [0.2, 0.25) is 12.3 Å². The monoisotopic (exact) mass is 401 g/mol. The van der Waals surface area contributed by atoms with Crippen LogP contribution in [0.2, 0.25) is 0 Å². The molecule has 1 atom stereocenters. The molecule has 128 valence electrons. The van der Waals surface area contributed by atoms with Gasteiger partial charge in [-0.25, -0.2) is 0 Å². The third-order valence-electron chi connectivity index (χ3n) is 3.58. The van der Waals surface area contributed by atoms with Crippen LogP contribution >= 0.6 is 15.9 Å². The van der Waals surface area contributed by atoms with Crippen LogP contribution in [0.15, 0.2) is 63.8 Å². The van der Waals surface area contributed by atoms with Gasteiger partial charge in [-0.05, 0) is 48.9 Å². The Kier molecular flexibility index (Phi) is 5.45. The number of ether oxygens (including phenoxy) is 1. The molecule has 0 saturated carbocycles. The zero-order valence-corrected chi connectivity index (χ0v) is 15.1. The van der Waals surface area contributed by atoms with E-state index in [1.165, 1.54) is 6.39 Å². The van der Waals surface area contributed by atoms with Crippen LogP contribution in [0.1, 0.15) is 18.5 Å². The summed E-state index contributed by atoms with van der Waals surface area (Å²) in [7, 11) is 0. The van der Waals surface area contributed by atoms with Crippen molar-refractivity contribution in [3.63, 3.8) is 0 Å². The van der Waals surface area contributed by atoms with Gasteiger partial charge in [-0.2, -0.15) is 0 Å². The maximum atomic E-state index is 12.0. The number of hydrogen-bond donors (Lipinski definition) is 1. The molecule has 1 amide bonds. The first-order chi connectivity index (χ1) is 12.1. The number of aromatic nitrogens is 2. The topological polar surface area (TPSA) is 77.2 Å². The van der Waals surface area contributed by atoms with Crippen molar-refractivity contribution in [2.24, 2.45) is 0 Å². The van der Waals surface area contributed by atoms with Gasteiger partial charge in [-0.1, -0.05) is 28.1 Å². The van der Waals surface area contributed by atoms with E-state index < -0.39 is 0 Å². The molecule has 6 nitrogen and oxygen atoms in total. The fraction of sp³-hybridized carbons (Fsp3) is 0.167. The Bertz CT molecular complexity index is 818. The van der Waals surface area contributed by atoms with Gasteiger partial charge in [-0.3, -0.25) is 4.79 Å². The normalized spacial score (nSPS) is 11.8. The van der Waals surface area contributed by atoms with Crippen molar-refractivity contribution in [1.82, 2.24) is 15.5 Å². The number of nitrogens with one attached hydrogen (secondary N) is 1. The summed E-state index contributed by atoms with van der Waals surface area (Å²) in [5.41, 5.74) is 1.82. The summed E-state index contributed by atoms with van der Waals surface area (Å²) in [4.78, 5) is 12.0. The molecule has 0 aliphatic heterocycles. The Morgan fingerprint density at radius 3 is 2.56 bits per heavy atom. The van der Waals surface area contributed by atoms with Gasteiger partial charge in [0, 0.05) is 10.0 Å². The van der Waals surface area contributed by atoms with Crippen LogP contribution < -0.4 is 10.1 Å². The standard InChI is InChI=1S/C18H16BrN3O3/c1-12(13-2-6-15(19)7-3-13)21-17(23)10-24-16-8-4-14(5-9-16)18-22-20-11-25-18/h2-9,11-12H,10H2,1H3,(H,21,23)/t12-/m1/s1. The van der Waals surface area contributed by atoms with Gasteiger partial charge in [0.25, 0.3) is 5.91 Å². The highest BCUT2D eigenvalue weighted by molar-refractivity contribution is 9.10. The Hall–Kier alpha value is -2.67. The van der Waals surface area contributed by atoms with Crippen molar-refractivity contribution in [1.29, 1.82) is 0 Å². The summed E-state index contributed by atoms with van der Waals surface area (Å²) < 4.78 is 11.6. The minimum atomic E-state index is -0.184. The lowest BCUT2D eigenvalue weighted by Crippen LogP contribution is -2.31. The van der Waals surface area contributed by atoms with Crippen molar-refractivity contribution in [3.8, 4) is 17.2 Å². The van der Waals surface area contributed by atoms with Crippen molar-refractivity contribution in [2.45, 2.75) is 13.0 Å². The van der Waals surface area contributed by atoms with Crippen LogP contribution in [0.3, 0.4) is 0 Å². The maximum Gasteiger partial charge on any atom is 0.258 e. The highest BCUT2D eigenvalue weighted by Gasteiger charge is 2.10. The van der Waals surface area contributed by atoms with E-state index in [1.54, 1.807) is 24.3 Å². The lowest BCUT2D eigenvalue weighted by molar-refractivity contribution is -0.123. The third kappa shape index (κ3) is 4.67. The average molecular weight is 402 g/mol. The van der Waals surface area contributed by atoms with Gasteiger partial charge in [0.15, 0.2) is 6.61 Å². The Morgan fingerprint density at radius 2 is 1.92 bits per heavy atom. The Balaban J connectivity index is 1.51. The summed E-state index contributed by atoms with van der Waals surface area (Å²) in [6, 6.07) is 14.8. The van der Waals surface area contributed by atoms with Gasteiger partial charge in [0.1, 0.15) is 5.75 Å². The molecule has 0 aliphatic carbocycles. The summed E-state index contributed by atoms with van der Waals surface area (Å²) >= 11 is 3.39. The maximum absolute atomic E-state index is 12.0. The van der Waals surface area contributed by atoms with Gasteiger partial charge >= 0.3 is 0 Å². The molecule has 0 fully saturated rings. The largest absolute Gasteiger partial charge is 0.484 e. The molecule has 0 spiro atoms. The average Bonchev–Trinajstić information content (AvgIpc) is 3.15. The van der Waals surface area contributed by atoms with Crippen molar-refractivity contribution >= 4 is 21.8 Å². The molecule has 0 saturated heterocycles. The number of benzene rings is 2. The molecule has 1 N–H and O–H groups in total. The molecule has 2 aromatic carbocycles.